The number of nitrogens with zero attached hydrogens (tertiary/aromatic N) is 4. The van der Waals surface area contributed by atoms with Crippen molar-refractivity contribution in [3.63, 3.8) is 0 Å². The number of ether oxygens (including phenoxy) is 1. The predicted molar refractivity (Wildman–Crippen MR) is 143 cm³/mol. The standard InChI is InChI=1S/C26H31Cl3N4O2/c1-18-2-3-19(21(27)14-18)17-31-6-4-20(5-7-31)33-25-16-23(29)22(28)15-24(25)32(26(33)34)9-8-30-10-12-35-13-11-30/h2-3,14-16,20H,4-13,17H2,1H3. The molecule has 2 aromatic carbocycles. The third kappa shape index (κ3) is 5.43. The summed E-state index contributed by atoms with van der Waals surface area (Å²) in [4.78, 5) is 18.5. The summed E-state index contributed by atoms with van der Waals surface area (Å²) in [6.07, 6.45) is 1.79. The molecule has 0 amide bonds. The first-order chi connectivity index (χ1) is 16.9. The number of halogens is 3. The van der Waals surface area contributed by atoms with Gasteiger partial charge in [-0.3, -0.25) is 18.9 Å². The van der Waals surface area contributed by atoms with E-state index in [1.165, 1.54) is 5.56 Å². The lowest BCUT2D eigenvalue weighted by Gasteiger charge is -2.32. The Hall–Kier alpha value is -1.54. The maximum Gasteiger partial charge on any atom is 0.329 e. The fourth-order valence-corrected chi connectivity index (χ4v) is 5.87. The average Bonchev–Trinajstić information content (AvgIpc) is 3.11. The number of hydrogen-bond donors (Lipinski definition) is 0. The molecule has 3 aromatic rings. The Morgan fingerprint density at radius 3 is 2.23 bits per heavy atom. The van der Waals surface area contributed by atoms with E-state index >= 15 is 0 Å². The van der Waals surface area contributed by atoms with Gasteiger partial charge >= 0.3 is 5.69 Å². The van der Waals surface area contributed by atoms with Gasteiger partial charge < -0.3 is 4.74 Å². The summed E-state index contributed by atoms with van der Waals surface area (Å²) in [5.41, 5.74) is 4.05. The third-order valence-corrected chi connectivity index (χ3v) is 8.35. The van der Waals surface area contributed by atoms with E-state index in [-0.39, 0.29) is 11.7 Å². The molecule has 2 saturated heterocycles. The molecule has 0 spiro atoms. The molecule has 3 heterocycles. The van der Waals surface area contributed by atoms with Gasteiger partial charge in [0.15, 0.2) is 0 Å². The molecule has 2 fully saturated rings. The summed E-state index contributed by atoms with van der Waals surface area (Å²) in [7, 11) is 0. The summed E-state index contributed by atoms with van der Waals surface area (Å²) in [6.45, 7) is 9.37. The smallest absolute Gasteiger partial charge is 0.329 e. The minimum Gasteiger partial charge on any atom is -0.379 e. The van der Waals surface area contributed by atoms with Gasteiger partial charge in [0.05, 0.1) is 34.3 Å². The van der Waals surface area contributed by atoms with Gasteiger partial charge in [0, 0.05) is 56.9 Å². The van der Waals surface area contributed by atoms with E-state index in [1.54, 1.807) is 0 Å². The molecule has 0 saturated carbocycles. The van der Waals surface area contributed by atoms with Crippen molar-refractivity contribution >= 4 is 45.8 Å². The number of likely N-dealkylation sites (tertiary alicyclic amines) is 1. The number of aryl methyl sites for hydroxylation is 1. The number of aromatic nitrogens is 2. The molecule has 2 aliphatic rings. The van der Waals surface area contributed by atoms with Gasteiger partial charge in [0.1, 0.15) is 0 Å². The van der Waals surface area contributed by atoms with Crippen LogP contribution in [0.5, 0.6) is 0 Å². The van der Waals surface area contributed by atoms with Crippen molar-refractivity contribution in [1.82, 2.24) is 18.9 Å². The monoisotopic (exact) mass is 536 g/mol. The van der Waals surface area contributed by atoms with Crippen LogP contribution in [-0.4, -0.2) is 64.9 Å². The minimum absolute atomic E-state index is 0.0200. The molecule has 6 nitrogen and oxygen atoms in total. The second kappa shape index (κ2) is 10.8. The van der Waals surface area contributed by atoms with Gasteiger partial charge in [-0.05, 0) is 49.1 Å². The highest BCUT2D eigenvalue weighted by molar-refractivity contribution is 6.42. The van der Waals surface area contributed by atoms with Crippen LogP contribution in [0.4, 0.5) is 0 Å². The molecule has 0 aliphatic carbocycles. The molecule has 0 radical (unpaired) electrons. The number of rotatable bonds is 6. The Balaban J connectivity index is 1.36. The number of fused-ring (bicyclic) bond motifs is 1. The molecule has 35 heavy (non-hydrogen) atoms. The second-order valence-electron chi connectivity index (χ2n) is 9.62. The molecule has 0 unspecified atom stereocenters. The molecule has 2 aliphatic heterocycles. The van der Waals surface area contributed by atoms with Crippen molar-refractivity contribution in [2.45, 2.75) is 38.9 Å². The quantitative estimate of drug-likeness (QED) is 0.431. The predicted octanol–water partition coefficient (Wildman–Crippen LogP) is 5.24. The Morgan fingerprint density at radius 2 is 1.54 bits per heavy atom. The van der Waals surface area contributed by atoms with Crippen LogP contribution in [0.3, 0.4) is 0 Å². The van der Waals surface area contributed by atoms with Crippen LogP contribution in [0, 0.1) is 6.92 Å². The number of piperidine rings is 1. The maximum atomic E-state index is 13.7. The first-order valence-electron chi connectivity index (χ1n) is 12.3. The largest absolute Gasteiger partial charge is 0.379 e. The lowest BCUT2D eigenvalue weighted by Crippen LogP contribution is -2.40. The topological polar surface area (TPSA) is 42.6 Å². The van der Waals surface area contributed by atoms with E-state index in [1.807, 2.05) is 27.3 Å². The van der Waals surface area contributed by atoms with Crippen molar-refractivity contribution in [2.75, 3.05) is 45.9 Å². The molecular weight excluding hydrogens is 507 g/mol. The van der Waals surface area contributed by atoms with Crippen molar-refractivity contribution in [3.05, 3.63) is 67.0 Å². The van der Waals surface area contributed by atoms with Crippen molar-refractivity contribution in [2.24, 2.45) is 0 Å². The van der Waals surface area contributed by atoms with Gasteiger partial charge in [-0.1, -0.05) is 46.9 Å². The fourth-order valence-electron chi connectivity index (χ4n) is 5.26. The third-order valence-electron chi connectivity index (χ3n) is 7.27. The number of benzene rings is 2. The summed E-state index contributed by atoms with van der Waals surface area (Å²) < 4.78 is 9.28. The lowest BCUT2D eigenvalue weighted by molar-refractivity contribution is 0.0364. The molecule has 9 heteroatoms. The molecule has 0 bridgehead atoms. The van der Waals surface area contributed by atoms with E-state index < -0.39 is 0 Å². The molecule has 188 valence electrons. The molecular formula is C26H31Cl3N4O2. The number of morpholine rings is 1. The minimum atomic E-state index is 0.0200. The zero-order valence-electron chi connectivity index (χ0n) is 20.0. The highest BCUT2D eigenvalue weighted by Crippen LogP contribution is 2.32. The van der Waals surface area contributed by atoms with Crippen LogP contribution in [0.2, 0.25) is 15.1 Å². The van der Waals surface area contributed by atoms with Crippen LogP contribution in [0.15, 0.2) is 35.1 Å². The van der Waals surface area contributed by atoms with Crippen LogP contribution in [0.25, 0.3) is 11.0 Å². The normalized spacial score (nSPS) is 18.5. The van der Waals surface area contributed by atoms with Crippen molar-refractivity contribution in [3.8, 4) is 0 Å². The number of hydrogen-bond acceptors (Lipinski definition) is 4. The van der Waals surface area contributed by atoms with E-state index in [9.17, 15) is 4.79 Å². The van der Waals surface area contributed by atoms with E-state index in [0.29, 0.717) is 16.6 Å². The Bertz CT molecular complexity index is 1260. The average molecular weight is 538 g/mol. The SMILES string of the molecule is Cc1ccc(CN2CCC(n3c(=O)n(CCN4CCOCC4)c4cc(Cl)c(Cl)cc43)CC2)c(Cl)c1. The van der Waals surface area contributed by atoms with Crippen LogP contribution in [0.1, 0.15) is 30.0 Å². The van der Waals surface area contributed by atoms with Crippen LogP contribution in [-0.2, 0) is 17.8 Å². The van der Waals surface area contributed by atoms with Gasteiger partial charge in [-0.15, -0.1) is 0 Å². The highest BCUT2D eigenvalue weighted by Gasteiger charge is 2.26. The van der Waals surface area contributed by atoms with Crippen LogP contribution < -0.4 is 5.69 Å². The summed E-state index contributed by atoms with van der Waals surface area (Å²) >= 11 is 19.2. The summed E-state index contributed by atoms with van der Waals surface area (Å²) in [5, 5.41) is 1.77. The van der Waals surface area contributed by atoms with Gasteiger partial charge in [0.2, 0.25) is 0 Å². The van der Waals surface area contributed by atoms with Crippen molar-refractivity contribution < 1.29 is 4.74 Å². The maximum absolute atomic E-state index is 13.7. The molecule has 0 N–H and O–H groups in total. The fraction of sp³-hybridized carbons (Fsp3) is 0.500. The van der Waals surface area contributed by atoms with Gasteiger partial charge in [0.25, 0.3) is 0 Å². The van der Waals surface area contributed by atoms with Gasteiger partial charge in [-0.2, -0.15) is 0 Å². The van der Waals surface area contributed by atoms with Gasteiger partial charge in [-0.25, -0.2) is 4.79 Å². The molecule has 5 rings (SSSR count). The second-order valence-corrected chi connectivity index (χ2v) is 10.8. The van der Waals surface area contributed by atoms with Crippen molar-refractivity contribution in [1.29, 1.82) is 0 Å². The first kappa shape index (κ1) is 25.1. The zero-order chi connectivity index (χ0) is 24.5. The van der Waals surface area contributed by atoms with E-state index in [0.717, 1.165) is 86.9 Å². The highest BCUT2D eigenvalue weighted by atomic mass is 35.5. The summed E-state index contributed by atoms with van der Waals surface area (Å²) in [5.74, 6) is 0. The van der Waals surface area contributed by atoms with E-state index in [2.05, 4.69) is 28.9 Å². The Labute approximate surface area is 220 Å². The zero-order valence-corrected chi connectivity index (χ0v) is 22.2. The van der Waals surface area contributed by atoms with Crippen LogP contribution >= 0.6 is 34.8 Å². The Kier molecular flexibility index (Phi) is 7.78. The molecule has 1 aromatic heterocycles. The first-order valence-corrected chi connectivity index (χ1v) is 13.4. The number of imidazole rings is 1. The Morgan fingerprint density at radius 1 is 0.857 bits per heavy atom. The summed E-state index contributed by atoms with van der Waals surface area (Å²) in [6, 6.07) is 10.0. The lowest BCUT2D eigenvalue weighted by atomic mass is 10.0. The molecule has 0 atom stereocenters. The van der Waals surface area contributed by atoms with E-state index in [4.69, 9.17) is 39.5 Å².